The molecule has 32 heavy (non-hydrogen) atoms. The van der Waals surface area contributed by atoms with Gasteiger partial charge in [-0.3, -0.25) is 9.59 Å². The molecule has 2 aromatic rings. The molecule has 1 heterocycles. The van der Waals surface area contributed by atoms with Crippen molar-refractivity contribution < 1.29 is 18.0 Å². The molecule has 0 aliphatic carbocycles. The molecular weight excluding hydrogens is 430 g/mol. The molecule has 0 aromatic heterocycles. The number of hydrogen-bond donors (Lipinski definition) is 2. The van der Waals surface area contributed by atoms with Crippen molar-refractivity contribution in [2.24, 2.45) is 0 Å². The predicted molar refractivity (Wildman–Crippen MR) is 120 cm³/mol. The van der Waals surface area contributed by atoms with E-state index in [4.69, 9.17) is 0 Å². The van der Waals surface area contributed by atoms with Gasteiger partial charge in [-0.25, -0.2) is 8.42 Å². The summed E-state index contributed by atoms with van der Waals surface area (Å²) >= 11 is 0. The summed E-state index contributed by atoms with van der Waals surface area (Å²) in [6.45, 7) is 2.61. The van der Waals surface area contributed by atoms with Crippen LogP contribution in [0.2, 0.25) is 0 Å². The first-order valence-corrected chi connectivity index (χ1v) is 11.3. The van der Waals surface area contributed by atoms with E-state index in [1.165, 1.54) is 17.4 Å². The maximum Gasteiger partial charge on any atom is 0.267 e. The topological polar surface area (TPSA) is 123 Å². The van der Waals surface area contributed by atoms with Crippen molar-refractivity contribution in [1.82, 2.24) is 9.21 Å². The van der Waals surface area contributed by atoms with Gasteiger partial charge in [0.25, 0.3) is 5.91 Å². The maximum atomic E-state index is 12.7. The van der Waals surface area contributed by atoms with Gasteiger partial charge in [-0.15, -0.1) is 0 Å². The third-order valence-electron chi connectivity index (χ3n) is 4.79. The second-order valence-corrected chi connectivity index (χ2v) is 9.06. The number of nitrogens with one attached hydrogen (secondary N) is 2. The smallest absolute Gasteiger partial charge is 0.267 e. The third kappa shape index (κ3) is 5.72. The largest absolute Gasteiger partial charge is 0.373 e. The van der Waals surface area contributed by atoms with Crippen LogP contribution < -0.4 is 10.6 Å². The Morgan fingerprint density at radius 2 is 1.50 bits per heavy atom. The number of amides is 2. The number of sulfonamides is 1. The minimum atomic E-state index is -3.57. The zero-order valence-electron chi connectivity index (χ0n) is 17.5. The molecule has 0 spiro atoms. The second kappa shape index (κ2) is 10.1. The molecule has 2 N–H and O–H groups in total. The Hall–Kier alpha value is -3.68. The average Bonchev–Trinajstić information content (AvgIpc) is 2.79. The fraction of sp³-hybridized carbons (Fsp3) is 0.227. The number of carbonyl (C=O) groups excluding carboxylic acids is 2. The van der Waals surface area contributed by atoms with Crippen molar-refractivity contribution >= 4 is 33.2 Å². The van der Waals surface area contributed by atoms with Crippen LogP contribution >= 0.6 is 0 Å². The van der Waals surface area contributed by atoms with Gasteiger partial charge < -0.3 is 15.5 Å². The van der Waals surface area contributed by atoms with Crippen LogP contribution in [-0.4, -0.2) is 55.6 Å². The first kappa shape index (κ1) is 23.0. The lowest BCUT2D eigenvalue weighted by Gasteiger charge is -2.33. The number of nitrogens with zero attached hydrogens (tertiary/aromatic N) is 3. The molecule has 0 radical (unpaired) electrons. The Balaban J connectivity index is 1.60. The van der Waals surface area contributed by atoms with Gasteiger partial charge in [0, 0.05) is 50.7 Å². The first-order chi connectivity index (χ1) is 15.3. The summed E-state index contributed by atoms with van der Waals surface area (Å²) in [6, 6.07) is 16.6. The molecule has 9 nitrogen and oxygen atoms in total. The summed E-state index contributed by atoms with van der Waals surface area (Å²) in [5, 5.41) is 14.7. The fourth-order valence-electron chi connectivity index (χ4n) is 3.17. The molecule has 0 saturated carbocycles. The Morgan fingerprint density at radius 1 is 0.938 bits per heavy atom. The Labute approximate surface area is 187 Å². The molecule has 0 atom stereocenters. The maximum absolute atomic E-state index is 12.7. The fourth-order valence-corrected chi connectivity index (χ4v) is 4.62. The Morgan fingerprint density at radius 3 is 2.03 bits per heavy atom. The molecule has 2 aromatic carbocycles. The van der Waals surface area contributed by atoms with Crippen molar-refractivity contribution in [1.29, 1.82) is 5.26 Å². The van der Waals surface area contributed by atoms with Crippen molar-refractivity contribution in [2.45, 2.75) is 11.8 Å². The van der Waals surface area contributed by atoms with Gasteiger partial charge in [0.15, 0.2) is 0 Å². The number of nitriles is 1. The van der Waals surface area contributed by atoms with E-state index in [1.807, 2.05) is 6.07 Å². The van der Waals surface area contributed by atoms with Crippen molar-refractivity contribution in [3.05, 3.63) is 66.4 Å². The van der Waals surface area contributed by atoms with Crippen LogP contribution in [0.1, 0.15) is 6.92 Å². The SMILES string of the molecule is CC(=O)Nc1ccc(NC(=O)/C(C#N)=C\N2CCN(S(=O)(=O)c3ccccc3)CC2)cc1. The molecule has 0 unspecified atom stereocenters. The van der Waals surface area contributed by atoms with E-state index in [1.54, 1.807) is 59.5 Å². The van der Waals surface area contributed by atoms with Crippen LogP contribution in [0, 0.1) is 11.3 Å². The zero-order chi connectivity index (χ0) is 23.1. The molecule has 10 heteroatoms. The van der Waals surface area contributed by atoms with Gasteiger partial charge in [-0.05, 0) is 36.4 Å². The van der Waals surface area contributed by atoms with Crippen LogP contribution in [0.4, 0.5) is 11.4 Å². The number of benzene rings is 2. The number of carbonyl (C=O) groups is 2. The van der Waals surface area contributed by atoms with Gasteiger partial charge >= 0.3 is 0 Å². The lowest BCUT2D eigenvalue weighted by molar-refractivity contribution is -0.114. The summed E-state index contributed by atoms with van der Waals surface area (Å²) in [6.07, 6.45) is 1.45. The third-order valence-corrected chi connectivity index (χ3v) is 6.71. The van der Waals surface area contributed by atoms with E-state index in [0.29, 0.717) is 24.5 Å². The highest BCUT2D eigenvalue weighted by Gasteiger charge is 2.28. The number of hydrogen-bond acceptors (Lipinski definition) is 6. The second-order valence-electron chi connectivity index (χ2n) is 7.12. The first-order valence-electron chi connectivity index (χ1n) is 9.90. The summed E-state index contributed by atoms with van der Waals surface area (Å²) in [4.78, 5) is 25.6. The standard InChI is InChI=1S/C22H23N5O4S/c1-17(28)24-19-7-9-20(10-8-19)25-22(29)18(15-23)16-26-11-13-27(14-12-26)32(30,31)21-5-3-2-4-6-21/h2-10,16H,11-14H2,1H3,(H,24,28)(H,25,29)/b18-16-. The highest BCUT2D eigenvalue weighted by molar-refractivity contribution is 7.89. The van der Waals surface area contributed by atoms with E-state index < -0.39 is 15.9 Å². The summed E-state index contributed by atoms with van der Waals surface area (Å²) < 4.78 is 26.8. The van der Waals surface area contributed by atoms with Gasteiger partial charge in [-0.2, -0.15) is 9.57 Å². The van der Waals surface area contributed by atoms with Gasteiger partial charge in [0.2, 0.25) is 15.9 Å². The minimum Gasteiger partial charge on any atom is -0.373 e. The summed E-state index contributed by atoms with van der Waals surface area (Å²) in [5.41, 5.74) is 0.981. The highest BCUT2D eigenvalue weighted by atomic mass is 32.2. The Kier molecular flexibility index (Phi) is 7.25. The van der Waals surface area contributed by atoms with Crippen LogP contribution in [0.25, 0.3) is 0 Å². The van der Waals surface area contributed by atoms with Gasteiger partial charge in [0.1, 0.15) is 11.6 Å². The number of anilines is 2. The lowest BCUT2D eigenvalue weighted by atomic mass is 10.2. The van der Waals surface area contributed by atoms with Crippen LogP contribution in [0.5, 0.6) is 0 Å². The van der Waals surface area contributed by atoms with E-state index in [9.17, 15) is 23.3 Å². The zero-order valence-corrected chi connectivity index (χ0v) is 18.3. The van der Waals surface area contributed by atoms with Gasteiger partial charge in [-0.1, -0.05) is 18.2 Å². The average molecular weight is 454 g/mol. The molecular formula is C22H23N5O4S. The summed E-state index contributed by atoms with van der Waals surface area (Å²) in [5.74, 6) is -0.771. The molecule has 1 aliphatic heterocycles. The number of piperazine rings is 1. The lowest BCUT2D eigenvalue weighted by Crippen LogP contribution is -2.46. The van der Waals surface area contributed by atoms with E-state index in [-0.39, 0.29) is 29.5 Å². The molecule has 166 valence electrons. The highest BCUT2D eigenvalue weighted by Crippen LogP contribution is 2.18. The van der Waals surface area contributed by atoms with Crippen molar-refractivity contribution in [2.75, 3.05) is 36.8 Å². The van der Waals surface area contributed by atoms with Crippen molar-refractivity contribution in [3.8, 4) is 6.07 Å². The predicted octanol–water partition coefficient (Wildman–Crippen LogP) is 2.00. The van der Waals surface area contributed by atoms with Crippen LogP contribution in [-0.2, 0) is 19.6 Å². The molecule has 1 aliphatic rings. The Bertz CT molecular complexity index is 1150. The van der Waals surface area contributed by atoms with E-state index >= 15 is 0 Å². The molecule has 2 amide bonds. The molecule has 0 bridgehead atoms. The summed E-state index contributed by atoms with van der Waals surface area (Å²) in [7, 11) is -3.57. The number of rotatable bonds is 6. The van der Waals surface area contributed by atoms with E-state index in [2.05, 4.69) is 10.6 Å². The van der Waals surface area contributed by atoms with Gasteiger partial charge in [0.05, 0.1) is 4.90 Å². The van der Waals surface area contributed by atoms with Crippen LogP contribution in [0.15, 0.2) is 71.3 Å². The molecule has 3 rings (SSSR count). The van der Waals surface area contributed by atoms with Crippen LogP contribution in [0.3, 0.4) is 0 Å². The van der Waals surface area contributed by atoms with Crippen molar-refractivity contribution in [3.63, 3.8) is 0 Å². The monoisotopic (exact) mass is 453 g/mol. The molecule has 1 fully saturated rings. The normalized spacial score (nSPS) is 15.0. The van der Waals surface area contributed by atoms with E-state index in [0.717, 1.165) is 0 Å². The quantitative estimate of drug-likeness (QED) is 0.509. The molecule has 1 saturated heterocycles. The minimum absolute atomic E-state index is 0.0877.